The summed E-state index contributed by atoms with van der Waals surface area (Å²) in [5.74, 6) is 5.32. The van der Waals surface area contributed by atoms with E-state index in [1.807, 2.05) is 24.3 Å². The van der Waals surface area contributed by atoms with Gasteiger partial charge >= 0.3 is 5.97 Å². The summed E-state index contributed by atoms with van der Waals surface area (Å²) in [6.45, 7) is 3.58. The number of aliphatic hydroxyl groups is 2. The average molecular weight is 519 g/mol. The van der Waals surface area contributed by atoms with Crippen molar-refractivity contribution in [3.63, 3.8) is 0 Å². The number of aryl methyl sites for hydroxylation is 1. The number of carbonyl (C=O) groups excluding carboxylic acids is 2. The molecule has 0 amide bonds. The lowest BCUT2D eigenvalue weighted by Crippen LogP contribution is -2.32. The number of carbonyl (C=O) groups is 2. The number of unbranched alkanes of at least 4 members (excludes halogenated alkanes) is 1. The lowest BCUT2D eigenvalue weighted by Gasteiger charge is -2.25. The average Bonchev–Trinajstić information content (AvgIpc) is 3.25. The molecule has 4 atom stereocenters. The van der Waals surface area contributed by atoms with E-state index in [1.165, 1.54) is 7.11 Å². The Morgan fingerprint density at radius 3 is 2.71 bits per heavy atom. The molecule has 0 saturated heterocycles. The smallest absolute Gasteiger partial charge is 0.305 e. The van der Waals surface area contributed by atoms with E-state index >= 15 is 0 Å². The molecule has 1 aromatic carbocycles. The molecule has 1 aliphatic rings. The van der Waals surface area contributed by atoms with Crippen molar-refractivity contribution in [1.29, 1.82) is 0 Å². The zero-order valence-electron chi connectivity index (χ0n) is 20.7. The van der Waals surface area contributed by atoms with Crippen LogP contribution in [0.5, 0.6) is 0 Å². The van der Waals surface area contributed by atoms with Gasteiger partial charge in [0.15, 0.2) is 0 Å². The number of Topliss-reactive ketones (excluding diaryl/α,β-unsaturated/α-hetero) is 1. The fourth-order valence-corrected chi connectivity index (χ4v) is 6.47. The van der Waals surface area contributed by atoms with Gasteiger partial charge in [-0.25, -0.2) is 0 Å². The van der Waals surface area contributed by atoms with Crippen LogP contribution in [0.2, 0.25) is 5.02 Å². The number of ether oxygens (including phenoxy) is 1. The summed E-state index contributed by atoms with van der Waals surface area (Å²) < 4.78 is 5.77. The normalized spacial score (nSPS) is 22.1. The monoisotopic (exact) mass is 518 g/mol. The Hall–Kier alpha value is -1.91. The Bertz CT molecular complexity index is 1100. The molecule has 1 saturated carbocycles. The Kier molecular flexibility index (Phi) is 9.77. The first-order valence-electron chi connectivity index (χ1n) is 12.3. The molecule has 1 aliphatic carbocycles. The highest BCUT2D eigenvalue weighted by atomic mass is 35.5. The number of hydrogen-bond acceptors (Lipinski definition) is 6. The van der Waals surface area contributed by atoms with Crippen LogP contribution in [-0.4, -0.2) is 41.3 Å². The van der Waals surface area contributed by atoms with E-state index in [9.17, 15) is 19.8 Å². The molecule has 2 N–H and O–H groups in total. The second kappa shape index (κ2) is 12.4. The van der Waals surface area contributed by atoms with Gasteiger partial charge < -0.3 is 14.9 Å². The number of thiophene rings is 1. The molecule has 0 aliphatic heterocycles. The number of methoxy groups -OCH3 is 1. The lowest BCUT2D eigenvalue weighted by molar-refractivity contribution is -0.140. The Morgan fingerprint density at radius 1 is 1.26 bits per heavy atom. The predicted octanol–water partition coefficient (Wildman–Crippen LogP) is 5.57. The maximum absolute atomic E-state index is 13.0. The number of esters is 1. The maximum atomic E-state index is 13.0. The largest absolute Gasteiger partial charge is 0.469 e. The van der Waals surface area contributed by atoms with Crippen LogP contribution in [-0.2, 0) is 20.7 Å². The van der Waals surface area contributed by atoms with E-state index in [2.05, 4.69) is 16.6 Å². The molecule has 1 unspecified atom stereocenters. The van der Waals surface area contributed by atoms with Crippen LogP contribution < -0.4 is 0 Å². The molecule has 3 rings (SSSR count). The van der Waals surface area contributed by atoms with Crippen molar-refractivity contribution >= 4 is 44.8 Å². The van der Waals surface area contributed by atoms with Gasteiger partial charge in [0.05, 0.1) is 24.3 Å². The first-order valence-corrected chi connectivity index (χ1v) is 13.4. The van der Waals surface area contributed by atoms with Gasteiger partial charge in [0.2, 0.25) is 0 Å². The van der Waals surface area contributed by atoms with Gasteiger partial charge in [-0.3, -0.25) is 9.59 Å². The van der Waals surface area contributed by atoms with Crippen LogP contribution in [0.4, 0.5) is 0 Å². The van der Waals surface area contributed by atoms with Gasteiger partial charge in [0.25, 0.3) is 0 Å². The van der Waals surface area contributed by atoms with Crippen molar-refractivity contribution < 1.29 is 24.5 Å². The van der Waals surface area contributed by atoms with Gasteiger partial charge in [0, 0.05) is 45.6 Å². The van der Waals surface area contributed by atoms with Crippen molar-refractivity contribution in [3.8, 4) is 11.8 Å². The van der Waals surface area contributed by atoms with Crippen LogP contribution in [0.25, 0.3) is 10.1 Å². The van der Waals surface area contributed by atoms with E-state index in [0.29, 0.717) is 51.4 Å². The van der Waals surface area contributed by atoms with Gasteiger partial charge in [0.1, 0.15) is 5.78 Å². The van der Waals surface area contributed by atoms with Crippen LogP contribution >= 0.6 is 22.9 Å². The fraction of sp³-hybridized carbons (Fsp3) is 0.571. The Morgan fingerprint density at radius 2 is 2.00 bits per heavy atom. The first kappa shape index (κ1) is 27.7. The zero-order valence-corrected chi connectivity index (χ0v) is 22.3. The number of aliphatic hydroxyl groups excluding tert-OH is 2. The molecule has 0 bridgehead atoms. The molecule has 0 radical (unpaired) electrons. The van der Waals surface area contributed by atoms with Crippen LogP contribution in [0.15, 0.2) is 24.3 Å². The number of benzene rings is 1. The van der Waals surface area contributed by atoms with Gasteiger partial charge in [-0.2, -0.15) is 0 Å². The minimum absolute atomic E-state index is 0.0328. The third-order valence-electron chi connectivity index (χ3n) is 7.13. The molecule has 7 heteroatoms. The van der Waals surface area contributed by atoms with Crippen molar-refractivity contribution in [1.82, 2.24) is 0 Å². The molecule has 35 heavy (non-hydrogen) atoms. The van der Waals surface area contributed by atoms with Gasteiger partial charge in [-0.1, -0.05) is 43.6 Å². The lowest BCUT2D eigenvalue weighted by atomic mass is 9.85. The summed E-state index contributed by atoms with van der Waals surface area (Å²) in [7, 11) is 1.36. The highest BCUT2D eigenvalue weighted by molar-refractivity contribution is 7.19. The first-order chi connectivity index (χ1) is 16.7. The third-order valence-corrected chi connectivity index (χ3v) is 8.90. The summed E-state index contributed by atoms with van der Waals surface area (Å²) in [6.07, 6.45) is 2.94. The van der Waals surface area contributed by atoms with Gasteiger partial charge in [-0.05, 0) is 44.1 Å². The maximum Gasteiger partial charge on any atom is 0.305 e. The summed E-state index contributed by atoms with van der Waals surface area (Å²) in [5, 5.41) is 23.4. The van der Waals surface area contributed by atoms with E-state index in [0.717, 1.165) is 20.0 Å². The quantitative estimate of drug-likeness (QED) is 0.244. The zero-order chi connectivity index (χ0) is 25.6. The third kappa shape index (κ3) is 6.65. The summed E-state index contributed by atoms with van der Waals surface area (Å²) in [6, 6.07) is 8.02. The van der Waals surface area contributed by atoms with Crippen LogP contribution in [0, 0.1) is 29.1 Å². The van der Waals surface area contributed by atoms with E-state index in [4.69, 9.17) is 11.6 Å². The second-order valence-electron chi connectivity index (χ2n) is 9.89. The van der Waals surface area contributed by atoms with E-state index < -0.39 is 17.6 Å². The number of fused-ring (bicyclic) bond motifs is 1. The van der Waals surface area contributed by atoms with Crippen LogP contribution in [0.1, 0.15) is 63.7 Å². The summed E-state index contributed by atoms with van der Waals surface area (Å²) in [4.78, 5) is 25.3. The highest BCUT2D eigenvalue weighted by Crippen LogP contribution is 2.46. The molecule has 0 spiro atoms. The van der Waals surface area contributed by atoms with Crippen molar-refractivity contribution in [2.45, 2.75) is 77.4 Å². The standard InChI is InChI=1S/C28H35ClO5S/c1-28(2)26(32)19(10-6-4-5-7-13-24(31)34-3)20(27(28)33)16-14-18(30)15-17-23-25(29)21-11-8-9-12-22(21)35-23/h8-9,11-12,18-20,27,30,33H,5,7,10,13-17H2,1-3H3/t18?,19-,20-,27+/m1/s1. The Balaban J connectivity index is 1.54. The highest BCUT2D eigenvalue weighted by Gasteiger charge is 2.53. The number of rotatable bonds is 10. The number of hydrogen-bond donors (Lipinski definition) is 2. The summed E-state index contributed by atoms with van der Waals surface area (Å²) in [5.41, 5.74) is -0.822. The summed E-state index contributed by atoms with van der Waals surface area (Å²) >= 11 is 8.19. The second-order valence-corrected chi connectivity index (χ2v) is 11.4. The molecule has 1 aromatic heterocycles. The Labute approximate surface area is 216 Å². The van der Waals surface area contributed by atoms with Crippen LogP contribution in [0.3, 0.4) is 0 Å². The SMILES string of the molecule is COC(=O)CCCC#CC[C@H]1C(=O)C(C)(C)[C@@H](O)[C@@H]1CCC(O)CCc1sc2ccccc2c1Cl. The van der Waals surface area contributed by atoms with E-state index in [-0.39, 0.29) is 23.6 Å². The number of ketones is 1. The predicted molar refractivity (Wildman–Crippen MR) is 140 cm³/mol. The van der Waals surface area contributed by atoms with Crippen molar-refractivity contribution in [2.24, 2.45) is 17.3 Å². The molecule has 5 nitrogen and oxygen atoms in total. The molecule has 1 fully saturated rings. The topological polar surface area (TPSA) is 83.8 Å². The molecular weight excluding hydrogens is 484 g/mol. The molecule has 190 valence electrons. The fourth-order valence-electron chi connectivity index (χ4n) is 4.92. The van der Waals surface area contributed by atoms with Gasteiger partial charge in [-0.15, -0.1) is 23.2 Å². The minimum Gasteiger partial charge on any atom is -0.469 e. The van der Waals surface area contributed by atoms with Crippen molar-refractivity contribution in [2.75, 3.05) is 7.11 Å². The molecular formula is C28H35ClO5S. The molecule has 1 heterocycles. The van der Waals surface area contributed by atoms with Crippen molar-refractivity contribution in [3.05, 3.63) is 34.2 Å². The molecule has 2 aromatic rings. The number of halogens is 1. The minimum atomic E-state index is -0.822. The van der Waals surface area contributed by atoms with E-state index in [1.54, 1.807) is 25.2 Å².